The summed E-state index contributed by atoms with van der Waals surface area (Å²) in [7, 11) is 0. The van der Waals surface area contributed by atoms with E-state index in [4.69, 9.17) is 16.1 Å². The van der Waals surface area contributed by atoms with Crippen molar-refractivity contribution in [2.24, 2.45) is 5.92 Å². The largest absolute Gasteiger partial charge is 0.339 e. The zero-order chi connectivity index (χ0) is 13.0. The third kappa shape index (κ3) is 1.71. The van der Waals surface area contributed by atoms with Crippen LogP contribution in [0.2, 0.25) is 0 Å². The van der Waals surface area contributed by atoms with Crippen LogP contribution in [0.5, 0.6) is 0 Å². The van der Waals surface area contributed by atoms with Gasteiger partial charge in [-0.3, -0.25) is 0 Å². The second-order valence-corrected chi connectivity index (χ2v) is 6.21. The van der Waals surface area contributed by atoms with Gasteiger partial charge in [-0.15, -0.1) is 11.6 Å². The first-order valence-corrected chi connectivity index (χ1v) is 7.24. The molecule has 4 atom stereocenters. The quantitative estimate of drug-likeness (QED) is 0.782. The van der Waals surface area contributed by atoms with Crippen molar-refractivity contribution in [1.82, 2.24) is 10.1 Å². The minimum atomic E-state index is -0.189. The van der Waals surface area contributed by atoms with Crippen LogP contribution >= 0.6 is 11.6 Å². The van der Waals surface area contributed by atoms with E-state index in [1.54, 1.807) is 0 Å². The highest BCUT2D eigenvalue weighted by atomic mass is 35.5. The Hall–Kier alpha value is -1.35. The van der Waals surface area contributed by atoms with Gasteiger partial charge < -0.3 is 4.52 Å². The number of halogens is 1. The Morgan fingerprint density at radius 2 is 2.16 bits per heavy atom. The molecule has 0 saturated heterocycles. The highest BCUT2D eigenvalue weighted by Gasteiger charge is 2.56. The van der Waals surface area contributed by atoms with E-state index in [-0.39, 0.29) is 5.38 Å². The minimum absolute atomic E-state index is 0.189. The molecule has 98 valence electrons. The summed E-state index contributed by atoms with van der Waals surface area (Å²) in [6, 6.07) is 8.72. The lowest BCUT2D eigenvalue weighted by molar-refractivity contribution is 0.369. The second kappa shape index (κ2) is 4.07. The van der Waals surface area contributed by atoms with E-state index in [0.29, 0.717) is 23.6 Å². The van der Waals surface area contributed by atoms with Crippen molar-refractivity contribution < 1.29 is 4.52 Å². The number of benzene rings is 1. The molecule has 3 nitrogen and oxygen atoms in total. The summed E-state index contributed by atoms with van der Waals surface area (Å²) in [5.74, 6) is 3.03. The van der Waals surface area contributed by atoms with E-state index < -0.39 is 0 Å². The van der Waals surface area contributed by atoms with Crippen molar-refractivity contribution in [2.45, 2.75) is 37.0 Å². The fourth-order valence-corrected chi connectivity index (χ4v) is 3.54. The summed E-state index contributed by atoms with van der Waals surface area (Å²) < 4.78 is 5.41. The van der Waals surface area contributed by atoms with Gasteiger partial charge in [-0.05, 0) is 42.7 Å². The van der Waals surface area contributed by atoms with Crippen molar-refractivity contribution in [2.75, 3.05) is 0 Å². The summed E-state index contributed by atoms with van der Waals surface area (Å²) in [6.45, 7) is 1.87. The first-order valence-electron chi connectivity index (χ1n) is 6.81. The molecule has 4 rings (SSSR count). The first-order chi connectivity index (χ1) is 9.25. The number of aryl methyl sites for hydroxylation is 1. The predicted molar refractivity (Wildman–Crippen MR) is 72.3 cm³/mol. The molecule has 4 unspecified atom stereocenters. The van der Waals surface area contributed by atoms with E-state index in [1.807, 2.05) is 6.92 Å². The fraction of sp³-hybridized carbons (Fsp3) is 0.467. The zero-order valence-corrected chi connectivity index (χ0v) is 11.5. The summed E-state index contributed by atoms with van der Waals surface area (Å²) in [4.78, 5) is 4.46. The van der Waals surface area contributed by atoms with Crippen molar-refractivity contribution >= 4 is 11.6 Å². The Morgan fingerprint density at radius 3 is 2.95 bits per heavy atom. The third-order valence-electron chi connectivity index (χ3n) is 4.43. The van der Waals surface area contributed by atoms with Crippen molar-refractivity contribution in [3.8, 4) is 0 Å². The van der Waals surface area contributed by atoms with Crippen molar-refractivity contribution in [1.29, 1.82) is 0 Å². The maximum Gasteiger partial charge on any atom is 0.230 e. The van der Waals surface area contributed by atoms with E-state index >= 15 is 0 Å². The molecule has 19 heavy (non-hydrogen) atoms. The normalized spacial score (nSPS) is 29.5. The molecule has 2 aliphatic rings. The Labute approximate surface area is 117 Å². The molecule has 2 aliphatic carbocycles. The summed E-state index contributed by atoms with van der Waals surface area (Å²) in [5, 5.41) is 3.78. The summed E-state index contributed by atoms with van der Waals surface area (Å²) >= 11 is 5.99. The van der Waals surface area contributed by atoms with E-state index in [0.717, 1.165) is 5.89 Å². The highest BCUT2D eigenvalue weighted by Crippen LogP contribution is 2.64. The maximum atomic E-state index is 5.99. The second-order valence-electron chi connectivity index (χ2n) is 5.56. The molecule has 0 radical (unpaired) electrons. The SMILES string of the molecule is CC(Cl)c1noc(C2C3CCc4ccccc4C32)n1. The summed E-state index contributed by atoms with van der Waals surface area (Å²) in [5.41, 5.74) is 2.96. The van der Waals surface area contributed by atoms with Gasteiger partial charge in [-0.25, -0.2) is 0 Å². The number of nitrogens with zero attached hydrogens (tertiary/aromatic N) is 2. The van der Waals surface area contributed by atoms with E-state index in [9.17, 15) is 0 Å². The van der Waals surface area contributed by atoms with Crippen LogP contribution < -0.4 is 0 Å². The molecule has 1 aromatic carbocycles. The maximum absolute atomic E-state index is 5.99. The van der Waals surface area contributed by atoms with Crippen LogP contribution in [0.3, 0.4) is 0 Å². The van der Waals surface area contributed by atoms with Crippen LogP contribution in [0.4, 0.5) is 0 Å². The van der Waals surface area contributed by atoms with Crippen LogP contribution in [-0.2, 0) is 6.42 Å². The molecular formula is C15H15ClN2O. The zero-order valence-electron chi connectivity index (χ0n) is 10.7. The molecule has 0 N–H and O–H groups in total. The standard InChI is InChI=1S/C15H15ClN2O/c1-8(16)14-17-15(19-18-14)13-11-7-6-9-4-2-3-5-10(9)12(11)13/h2-5,8,11-13H,6-7H2,1H3. The molecule has 1 heterocycles. The van der Waals surface area contributed by atoms with Gasteiger partial charge in [0.25, 0.3) is 0 Å². The Kier molecular flexibility index (Phi) is 2.46. The van der Waals surface area contributed by atoms with Gasteiger partial charge >= 0.3 is 0 Å². The van der Waals surface area contributed by atoms with Gasteiger partial charge in [0, 0.05) is 5.92 Å². The molecule has 0 spiro atoms. The lowest BCUT2D eigenvalue weighted by Gasteiger charge is -2.13. The molecular weight excluding hydrogens is 260 g/mol. The third-order valence-corrected chi connectivity index (χ3v) is 4.62. The van der Waals surface area contributed by atoms with Crippen LogP contribution in [0.15, 0.2) is 28.8 Å². The topological polar surface area (TPSA) is 38.9 Å². The molecule has 0 amide bonds. The van der Waals surface area contributed by atoms with Crippen LogP contribution in [0.1, 0.15) is 53.4 Å². The molecule has 1 fully saturated rings. The number of rotatable bonds is 2. The first kappa shape index (κ1) is 11.5. The van der Waals surface area contributed by atoms with Gasteiger partial charge in [0.15, 0.2) is 5.82 Å². The van der Waals surface area contributed by atoms with E-state index in [2.05, 4.69) is 34.4 Å². The van der Waals surface area contributed by atoms with Crippen LogP contribution in [-0.4, -0.2) is 10.1 Å². The van der Waals surface area contributed by atoms with Crippen LogP contribution in [0.25, 0.3) is 0 Å². The lowest BCUT2D eigenvalue weighted by Crippen LogP contribution is -2.00. The van der Waals surface area contributed by atoms with Gasteiger partial charge in [-0.2, -0.15) is 4.98 Å². The number of hydrogen-bond donors (Lipinski definition) is 0. The number of hydrogen-bond acceptors (Lipinski definition) is 3. The Balaban J connectivity index is 1.66. The van der Waals surface area contributed by atoms with Gasteiger partial charge in [0.2, 0.25) is 5.89 Å². The molecule has 4 heteroatoms. The van der Waals surface area contributed by atoms with E-state index in [1.165, 1.54) is 24.0 Å². The molecule has 1 saturated carbocycles. The predicted octanol–water partition coefficient (Wildman–Crippen LogP) is 3.81. The van der Waals surface area contributed by atoms with Crippen molar-refractivity contribution in [3.05, 3.63) is 47.1 Å². The lowest BCUT2D eigenvalue weighted by atomic mass is 9.92. The molecule has 0 aliphatic heterocycles. The Morgan fingerprint density at radius 1 is 1.32 bits per heavy atom. The Bertz CT molecular complexity index is 622. The molecule has 1 aromatic heterocycles. The van der Waals surface area contributed by atoms with Crippen molar-refractivity contribution in [3.63, 3.8) is 0 Å². The number of alkyl halides is 1. The number of aromatic nitrogens is 2. The molecule has 2 aromatic rings. The highest BCUT2D eigenvalue weighted by molar-refractivity contribution is 6.20. The van der Waals surface area contributed by atoms with Gasteiger partial charge in [0.1, 0.15) is 0 Å². The smallest absolute Gasteiger partial charge is 0.230 e. The number of fused-ring (bicyclic) bond motifs is 3. The summed E-state index contributed by atoms with van der Waals surface area (Å²) in [6.07, 6.45) is 2.39. The average molecular weight is 275 g/mol. The fourth-order valence-electron chi connectivity index (χ4n) is 3.45. The monoisotopic (exact) mass is 274 g/mol. The van der Waals surface area contributed by atoms with Gasteiger partial charge in [-0.1, -0.05) is 29.4 Å². The molecule has 0 bridgehead atoms. The van der Waals surface area contributed by atoms with Crippen LogP contribution in [0, 0.1) is 5.92 Å². The average Bonchev–Trinajstić information content (AvgIpc) is 2.96. The van der Waals surface area contributed by atoms with Gasteiger partial charge in [0.05, 0.1) is 5.38 Å². The minimum Gasteiger partial charge on any atom is -0.339 e.